The lowest BCUT2D eigenvalue weighted by atomic mass is 10.0. The summed E-state index contributed by atoms with van der Waals surface area (Å²) >= 11 is 0. The molecule has 1 atom stereocenters. The van der Waals surface area contributed by atoms with Crippen LogP contribution >= 0.6 is 0 Å². The van der Waals surface area contributed by atoms with E-state index in [9.17, 15) is 47.2 Å². The van der Waals surface area contributed by atoms with E-state index in [1.54, 1.807) is 26.8 Å². The SMILES string of the molecule is CCn1c(O)c(N=Nc2ccc(-c3ccc(N=Nc4c(C)c(C#N)c(=O)n(CC)c4O)cc3S(=O)(=O)NC(C)CCCC(C)C)c([SH](=O)=O)c2)c(C)c(C#N)c1=O. The van der Waals surface area contributed by atoms with Crippen LogP contribution in [0.15, 0.2) is 76.2 Å². The number of aromatic nitrogens is 2. The van der Waals surface area contributed by atoms with Gasteiger partial charge in [0.2, 0.25) is 21.8 Å². The number of hydrogen-bond donors (Lipinski definition) is 4. The van der Waals surface area contributed by atoms with Gasteiger partial charge >= 0.3 is 0 Å². The molecule has 0 saturated carbocycles. The molecule has 0 spiro atoms. The van der Waals surface area contributed by atoms with Crippen LogP contribution in [0, 0.1) is 42.4 Å². The molecule has 3 N–H and O–H groups in total. The van der Waals surface area contributed by atoms with Crippen LogP contribution in [0.1, 0.15) is 76.1 Å². The molecule has 19 heteroatoms. The Morgan fingerprint density at radius 1 is 0.772 bits per heavy atom. The maximum atomic E-state index is 14.1. The van der Waals surface area contributed by atoms with E-state index in [2.05, 4.69) is 39.0 Å². The molecule has 0 aliphatic heterocycles. The Morgan fingerprint density at radius 2 is 1.25 bits per heavy atom. The molecule has 0 saturated heterocycles. The van der Waals surface area contributed by atoms with Crippen LogP contribution in [0.4, 0.5) is 22.7 Å². The lowest BCUT2D eigenvalue weighted by molar-refractivity contribution is 0.411. The van der Waals surface area contributed by atoms with E-state index in [1.165, 1.54) is 44.2 Å². The van der Waals surface area contributed by atoms with Gasteiger partial charge in [-0.15, -0.1) is 10.2 Å². The van der Waals surface area contributed by atoms with Crippen molar-refractivity contribution >= 4 is 43.5 Å². The number of pyridine rings is 2. The molecule has 0 bridgehead atoms. The molecule has 17 nitrogen and oxygen atoms in total. The summed E-state index contributed by atoms with van der Waals surface area (Å²) in [6, 6.07) is 10.9. The van der Waals surface area contributed by atoms with E-state index in [0.717, 1.165) is 28.0 Å². The van der Waals surface area contributed by atoms with Crippen molar-refractivity contribution in [1.82, 2.24) is 13.9 Å². The number of azo groups is 2. The zero-order chi connectivity index (χ0) is 42.4. The average Bonchev–Trinajstić information content (AvgIpc) is 3.15. The molecule has 57 heavy (non-hydrogen) atoms. The second kappa shape index (κ2) is 18.3. The van der Waals surface area contributed by atoms with Crippen LogP contribution in [-0.4, -0.2) is 42.2 Å². The molecule has 0 radical (unpaired) electrons. The molecule has 2 heterocycles. The van der Waals surface area contributed by atoms with Crippen molar-refractivity contribution in [1.29, 1.82) is 10.5 Å². The highest BCUT2D eigenvalue weighted by molar-refractivity contribution is 7.89. The van der Waals surface area contributed by atoms with Gasteiger partial charge in [-0.2, -0.15) is 20.8 Å². The summed E-state index contributed by atoms with van der Waals surface area (Å²) < 4.78 is 58.3. The molecule has 0 aliphatic rings. The third kappa shape index (κ3) is 9.34. The van der Waals surface area contributed by atoms with Gasteiger partial charge in [0.15, 0.2) is 22.1 Å². The van der Waals surface area contributed by atoms with E-state index in [4.69, 9.17) is 0 Å². The van der Waals surface area contributed by atoms with Crippen LogP contribution in [-0.2, 0) is 33.8 Å². The Hall–Kier alpha value is -6.02. The summed E-state index contributed by atoms with van der Waals surface area (Å²) in [7, 11) is -7.75. The number of hydrogen-bond acceptors (Lipinski definition) is 14. The molecule has 1 unspecified atom stereocenters. The number of nitrogens with one attached hydrogen (secondary N) is 1. The van der Waals surface area contributed by atoms with E-state index < -0.39 is 49.6 Å². The van der Waals surface area contributed by atoms with E-state index in [1.807, 2.05) is 6.07 Å². The minimum absolute atomic E-state index is 0.00566. The average molecular weight is 818 g/mol. The Kier molecular flexibility index (Phi) is 14.0. The number of thiol groups is 1. The van der Waals surface area contributed by atoms with Crippen LogP contribution in [0.2, 0.25) is 0 Å². The zero-order valence-electron chi connectivity index (χ0n) is 32.4. The molecule has 2 aromatic carbocycles. The Labute approximate surface area is 331 Å². The predicted octanol–water partition coefficient (Wildman–Crippen LogP) is 6.78. The molecule has 4 aromatic rings. The molecule has 0 aliphatic carbocycles. The van der Waals surface area contributed by atoms with Crippen molar-refractivity contribution in [2.75, 3.05) is 0 Å². The Balaban J connectivity index is 1.89. The third-order valence-corrected chi connectivity index (χ3v) is 11.6. The highest BCUT2D eigenvalue weighted by Crippen LogP contribution is 2.38. The molecule has 0 amide bonds. The molecule has 300 valence electrons. The number of benzene rings is 2. The van der Waals surface area contributed by atoms with Crippen molar-refractivity contribution in [2.24, 2.45) is 26.4 Å². The van der Waals surface area contributed by atoms with Gasteiger partial charge in [0.25, 0.3) is 11.1 Å². The highest BCUT2D eigenvalue weighted by atomic mass is 32.2. The van der Waals surface area contributed by atoms with Gasteiger partial charge in [-0.1, -0.05) is 38.8 Å². The largest absolute Gasteiger partial charge is 0.493 e. The molecule has 4 rings (SSSR count). The molecule has 2 aromatic heterocycles. The van der Waals surface area contributed by atoms with Gasteiger partial charge in [0, 0.05) is 41.4 Å². The summed E-state index contributed by atoms with van der Waals surface area (Å²) in [5.41, 5.74) is -2.14. The summed E-state index contributed by atoms with van der Waals surface area (Å²) in [4.78, 5) is 24.6. The smallest absolute Gasteiger partial charge is 0.271 e. The first kappa shape index (κ1) is 43.7. The van der Waals surface area contributed by atoms with Crippen molar-refractivity contribution in [2.45, 2.75) is 96.7 Å². The number of nitriles is 2. The first-order chi connectivity index (χ1) is 26.9. The first-order valence-electron chi connectivity index (χ1n) is 17.9. The van der Waals surface area contributed by atoms with E-state index in [-0.39, 0.29) is 79.0 Å². The summed E-state index contributed by atoms with van der Waals surface area (Å²) in [5.74, 6) is -0.652. The Bertz CT molecular complexity index is 2680. The quantitative estimate of drug-likeness (QED) is 0.0721. The summed E-state index contributed by atoms with van der Waals surface area (Å²) in [6.45, 7) is 11.9. The summed E-state index contributed by atoms with van der Waals surface area (Å²) in [6.07, 6.45) is 2.15. The van der Waals surface area contributed by atoms with Crippen LogP contribution < -0.4 is 15.8 Å². The van der Waals surface area contributed by atoms with Crippen molar-refractivity contribution in [3.63, 3.8) is 0 Å². The second-order valence-corrected chi connectivity index (χ2v) is 16.2. The maximum absolute atomic E-state index is 14.1. The van der Waals surface area contributed by atoms with Crippen LogP contribution in [0.5, 0.6) is 11.8 Å². The fraction of sp³-hybridized carbons (Fsp3) is 0.368. The predicted molar refractivity (Wildman–Crippen MR) is 212 cm³/mol. The van der Waals surface area contributed by atoms with Crippen molar-refractivity contribution in [3.05, 3.63) is 79.4 Å². The van der Waals surface area contributed by atoms with Crippen molar-refractivity contribution < 1.29 is 27.0 Å². The number of sulfonamides is 1. The van der Waals surface area contributed by atoms with E-state index >= 15 is 0 Å². The van der Waals surface area contributed by atoms with Gasteiger partial charge in [0.05, 0.1) is 21.2 Å². The van der Waals surface area contributed by atoms with Gasteiger partial charge in [-0.3, -0.25) is 18.7 Å². The number of nitrogens with zero attached hydrogens (tertiary/aromatic N) is 8. The Morgan fingerprint density at radius 3 is 1.68 bits per heavy atom. The molecule has 0 fully saturated rings. The minimum Gasteiger partial charge on any atom is -0.493 e. The number of rotatable bonds is 15. The third-order valence-electron chi connectivity index (χ3n) is 9.20. The molecular weight excluding hydrogens is 775 g/mol. The normalized spacial score (nSPS) is 12.5. The fourth-order valence-electron chi connectivity index (χ4n) is 6.11. The van der Waals surface area contributed by atoms with Gasteiger partial charge in [0.1, 0.15) is 23.3 Å². The zero-order valence-corrected chi connectivity index (χ0v) is 34.1. The monoisotopic (exact) mass is 817 g/mol. The maximum Gasteiger partial charge on any atom is 0.271 e. The molecular formula is C38H43N9O8S2. The van der Waals surface area contributed by atoms with E-state index in [0.29, 0.717) is 12.3 Å². The fourth-order valence-corrected chi connectivity index (χ4v) is 8.26. The van der Waals surface area contributed by atoms with Crippen LogP contribution in [0.3, 0.4) is 0 Å². The summed E-state index contributed by atoms with van der Waals surface area (Å²) in [5, 5.41) is 57.0. The highest BCUT2D eigenvalue weighted by Gasteiger charge is 2.25. The minimum atomic E-state index is -4.37. The van der Waals surface area contributed by atoms with Gasteiger partial charge in [-0.25, -0.2) is 21.6 Å². The topological polar surface area (TPSA) is 262 Å². The van der Waals surface area contributed by atoms with Gasteiger partial charge < -0.3 is 10.2 Å². The second-order valence-electron chi connectivity index (χ2n) is 13.6. The van der Waals surface area contributed by atoms with Crippen LogP contribution in [0.25, 0.3) is 11.1 Å². The van der Waals surface area contributed by atoms with Gasteiger partial charge in [-0.05, 0) is 71.2 Å². The first-order valence-corrected chi connectivity index (χ1v) is 20.6. The van der Waals surface area contributed by atoms with Crippen molar-refractivity contribution in [3.8, 4) is 35.0 Å². The lowest BCUT2D eigenvalue weighted by Crippen LogP contribution is -2.33. The number of aromatic hydroxyl groups is 2. The lowest BCUT2D eigenvalue weighted by Gasteiger charge is -2.18. The standard InChI is InChI=1S/C38H43N9O8S2/c1-8-46-35(48)29(19-39)23(6)33(37(46)50)43-41-25-13-15-27(31(17-25)56(52)53)28-16-14-26(18-32(28)57(54,55)45-22(5)12-10-11-21(3)4)42-44-34-24(7)30(20-40)36(49)47(9-2)38(34)51/h13-18,21-22,45,50-51,56H,8-12H2,1-7H3.